The van der Waals surface area contributed by atoms with Crippen LogP contribution in [0.4, 0.5) is 5.69 Å². The van der Waals surface area contributed by atoms with Gasteiger partial charge in [0.1, 0.15) is 0 Å². The van der Waals surface area contributed by atoms with Crippen LogP contribution in [0.25, 0.3) is 0 Å². The van der Waals surface area contributed by atoms with Gasteiger partial charge >= 0.3 is 0 Å². The normalized spacial score (nSPS) is 7.30. The molecule has 1 aromatic rings. The number of nitrogens with two attached hydrogens (primary N) is 1. The van der Waals surface area contributed by atoms with Gasteiger partial charge in [-0.1, -0.05) is 19.3 Å². The number of nitrogen functional groups attached to an aromatic ring is 1. The molecule has 0 spiro atoms. The van der Waals surface area contributed by atoms with Gasteiger partial charge in [-0.05, 0) is 5.69 Å². The van der Waals surface area contributed by atoms with E-state index in [9.17, 15) is 0 Å². The summed E-state index contributed by atoms with van der Waals surface area (Å²) in [5, 5.41) is 0. The number of hydrogen-bond acceptors (Lipinski definition) is 3. The zero-order valence-corrected chi connectivity index (χ0v) is 11.2. The second-order valence-corrected chi connectivity index (χ2v) is 1.48. The molecule has 5 heteroatoms. The van der Waals surface area contributed by atoms with Crippen molar-refractivity contribution < 1.29 is 42.1 Å². The van der Waals surface area contributed by atoms with E-state index in [-0.39, 0.29) is 42.1 Å². The van der Waals surface area contributed by atoms with Crippen molar-refractivity contribution >= 4 is 5.69 Å². The van der Waals surface area contributed by atoms with Crippen molar-refractivity contribution in [2.75, 3.05) is 5.73 Å². The van der Waals surface area contributed by atoms with Gasteiger partial charge in [0.2, 0.25) is 0 Å². The van der Waals surface area contributed by atoms with Crippen molar-refractivity contribution in [3.8, 4) is 0 Å². The summed E-state index contributed by atoms with van der Waals surface area (Å²) < 4.78 is 0. The predicted octanol–water partition coefficient (Wildman–Crippen LogP) is 0.162. The fourth-order valence-corrected chi connectivity index (χ4v) is 0.366. The average molecular weight is 476 g/mol. The largest absolute Gasteiger partial charge is 0.417 e. The molecule has 0 aliphatic carbocycles. The SMILES string of the molecule is Cc1n[c-]c(N)cn1.[W].[W]. The molecule has 0 amide bonds. The Kier molecular flexibility index (Phi) is 7.73. The number of anilines is 1. The van der Waals surface area contributed by atoms with Crippen LogP contribution in [-0.2, 0) is 42.1 Å². The Bertz CT molecular complexity index is 154. The van der Waals surface area contributed by atoms with Crippen LogP contribution in [0, 0.1) is 13.1 Å². The molecule has 10 heavy (non-hydrogen) atoms. The third-order valence-corrected chi connectivity index (χ3v) is 0.737. The van der Waals surface area contributed by atoms with E-state index in [1.54, 1.807) is 6.92 Å². The fourth-order valence-electron chi connectivity index (χ4n) is 0.366. The van der Waals surface area contributed by atoms with Gasteiger partial charge < -0.3 is 15.7 Å². The van der Waals surface area contributed by atoms with E-state index in [2.05, 4.69) is 16.2 Å². The molecular weight excluding hydrogens is 470 g/mol. The zero-order chi connectivity index (χ0) is 5.98. The van der Waals surface area contributed by atoms with Crippen LogP contribution in [-0.4, -0.2) is 9.97 Å². The Labute approximate surface area is 88.4 Å². The van der Waals surface area contributed by atoms with Crippen molar-refractivity contribution in [3.63, 3.8) is 0 Å². The summed E-state index contributed by atoms with van der Waals surface area (Å²) in [5.41, 5.74) is 5.73. The van der Waals surface area contributed by atoms with E-state index in [0.29, 0.717) is 11.5 Å². The van der Waals surface area contributed by atoms with E-state index in [1.165, 1.54) is 6.20 Å². The molecule has 1 heterocycles. The summed E-state index contributed by atoms with van der Waals surface area (Å²) in [6.45, 7) is 1.79. The second-order valence-electron chi connectivity index (χ2n) is 1.48. The molecule has 0 saturated carbocycles. The van der Waals surface area contributed by atoms with Gasteiger partial charge in [0.25, 0.3) is 0 Å². The van der Waals surface area contributed by atoms with Crippen molar-refractivity contribution in [2.45, 2.75) is 6.92 Å². The van der Waals surface area contributed by atoms with Gasteiger partial charge in [-0.2, -0.15) is 0 Å². The van der Waals surface area contributed by atoms with Crippen molar-refractivity contribution in [3.05, 3.63) is 18.2 Å². The number of aryl methyl sites for hydroxylation is 1. The summed E-state index contributed by atoms with van der Waals surface area (Å²) in [4.78, 5) is 7.53. The Hall–Kier alpha value is 0.257. The summed E-state index contributed by atoms with van der Waals surface area (Å²) >= 11 is 0. The molecule has 0 aliphatic rings. The summed E-state index contributed by atoms with van der Waals surface area (Å²) in [6, 6.07) is 0. The topological polar surface area (TPSA) is 51.8 Å². The predicted molar refractivity (Wildman–Crippen MR) is 30.0 cm³/mol. The maximum atomic E-state index is 5.25. The Morgan fingerprint density at radius 1 is 1.50 bits per heavy atom. The molecular formula is C5H6N3W2-. The molecule has 0 aromatic carbocycles. The molecule has 0 fully saturated rings. The van der Waals surface area contributed by atoms with E-state index in [4.69, 9.17) is 5.73 Å². The first kappa shape index (κ1) is 12.9. The first-order valence-corrected chi connectivity index (χ1v) is 2.26. The smallest absolute Gasteiger partial charge is 0.0105 e. The first-order chi connectivity index (χ1) is 3.79. The Morgan fingerprint density at radius 3 is 2.40 bits per heavy atom. The van der Waals surface area contributed by atoms with Gasteiger partial charge in [-0.3, -0.25) is 0 Å². The number of aromatic nitrogens is 2. The Balaban J connectivity index is 0. The fraction of sp³-hybridized carbons (Fsp3) is 0.200. The number of nitrogens with zero attached hydrogens (tertiary/aromatic N) is 2. The van der Waals surface area contributed by atoms with E-state index < -0.39 is 0 Å². The van der Waals surface area contributed by atoms with Crippen LogP contribution >= 0.6 is 0 Å². The molecule has 1 aromatic heterocycles. The van der Waals surface area contributed by atoms with Gasteiger partial charge in [-0.25, -0.2) is 0 Å². The summed E-state index contributed by atoms with van der Waals surface area (Å²) in [7, 11) is 0. The third kappa shape index (κ3) is 4.13. The third-order valence-electron chi connectivity index (χ3n) is 0.737. The molecule has 0 bridgehead atoms. The monoisotopic (exact) mass is 476 g/mol. The van der Waals surface area contributed by atoms with Crippen LogP contribution in [0.1, 0.15) is 5.82 Å². The van der Waals surface area contributed by atoms with Crippen LogP contribution in [0.5, 0.6) is 0 Å². The molecule has 54 valence electrons. The van der Waals surface area contributed by atoms with Crippen LogP contribution in [0.2, 0.25) is 0 Å². The molecule has 2 N–H and O–H groups in total. The number of hydrogen-bond donors (Lipinski definition) is 1. The van der Waals surface area contributed by atoms with Gasteiger partial charge in [0, 0.05) is 48.0 Å². The molecule has 3 nitrogen and oxygen atoms in total. The molecule has 0 saturated heterocycles. The van der Waals surface area contributed by atoms with Gasteiger partial charge in [0.15, 0.2) is 0 Å². The van der Waals surface area contributed by atoms with Crippen molar-refractivity contribution in [1.29, 1.82) is 0 Å². The minimum atomic E-state index is 0. The van der Waals surface area contributed by atoms with Crippen molar-refractivity contribution in [1.82, 2.24) is 9.97 Å². The first-order valence-electron chi connectivity index (χ1n) is 2.26. The van der Waals surface area contributed by atoms with Gasteiger partial charge in [-0.15, -0.1) is 0 Å². The van der Waals surface area contributed by atoms with Crippen molar-refractivity contribution in [2.24, 2.45) is 0 Å². The maximum Gasteiger partial charge on any atom is 0.0105 e. The minimum Gasteiger partial charge on any atom is -0.417 e. The van der Waals surface area contributed by atoms with E-state index >= 15 is 0 Å². The molecule has 0 unspecified atom stereocenters. The standard InChI is InChI=1S/C5H6N3.2W/c1-4-7-2-5(6)3-8-4;;/h2H,6H2,1H3;;/q-1;;. The molecule has 0 aliphatic heterocycles. The van der Waals surface area contributed by atoms with Crippen LogP contribution < -0.4 is 5.73 Å². The quantitative estimate of drug-likeness (QED) is 0.544. The van der Waals surface area contributed by atoms with Gasteiger partial charge in [0.05, 0.1) is 0 Å². The maximum absolute atomic E-state index is 5.25. The van der Waals surface area contributed by atoms with E-state index in [1.807, 2.05) is 0 Å². The zero-order valence-electron chi connectivity index (χ0n) is 5.37. The minimum absolute atomic E-state index is 0. The molecule has 0 atom stereocenters. The molecule has 0 radical (unpaired) electrons. The van der Waals surface area contributed by atoms with E-state index in [0.717, 1.165) is 0 Å². The van der Waals surface area contributed by atoms with Crippen LogP contribution in [0.15, 0.2) is 6.20 Å². The number of rotatable bonds is 0. The Morgan fingerprint density at radius 2 is 2.10 bits per heavy atom. The summed E-state index contributed by atoms with van der Waals surface area (Å²) in [5.74, 6) is 0.694. The summed E-state index contributed by atoms with van der Waals surface area (Å²) in [6.07, 6.45) is 4.09. The van der Waals surface area contributed by atoms with Crippen LogP contribution in [0.3, 0.4) is 0 Å². The second kappa shape index (κ2) is 6.00. The average Bonchev–Trinajstić information content (AvgIpc) is 1.77. The molecule has 1 rings (SSSR count).